The van der Waals surface area contributed by atoms with Gasteiger partial charge in [-0.15, -0.1) is 11.8 Å². The minimum Gasteiger partial charge on any atom is -0.389 e. The molecule has 2 N–H and O–H groups in total. The molecule has 10 heteroatoms. The number of hydrogen-bond acceptors (Lipinski definition) is 7. The molecule has 12 rings (SSSR count). The minimum absolute atomic E-state index is 0.0156. The van der Waals surface area contributed by atoms with Crippen molar-refractivity contribution in [1.29, 1.82) is 0 Å². The smallest absolute Gasteiger partial charge is 0.223 e. The molecular weight excluding hydrogens is 741 g/mol. The number of benzene rings is 2. The normalized spacial score (nSPS) is 39.5. The zero-order chi connectivity index (χ0) is 39.3. The van der Waals surface area contributed by atoms with Gasteiger partial charge in [-0.1, -0.05) is 38.1 Å². The lowest BCUT2D eigenvalue weighted by Gasteiger charge is -2.64. The van der Waals surface area contributed by atoms with E-state index in [9.17, 15) is 28.2 Å². The highest BCUT2D eigenvalue weighted by molar-refractivity contribution is 7.98. The molecule has 10 fully saturated rings. The van der Waals surface area contributed by atoms with E-state index in [1.807, 2.05) is 17.0 Å². The summed E-state index contributed by atoms with van der Waals surface area (Å²) in [5.74, 6) is 7.59. The molecular formula is C46H62N2O6S2. The first-order valence-corrected chi connectivity index (χ1v) is 24.7. The maximum atomic E-state index is 13.2. The number of thioether (sulfide) groups is 1. The highest BCUT2D eigenvalue weighted by Crippen LogP contribution is 2.67. The van der Waals surface area contributed by atoms with Crippen LogP contribution in [0.4, 0.5) is 0 Å². The third-order valence-corrected chi connectivity index (χ3v) is 19.2. The molecule has 0 spiro atoms. The number of nitrogens with zero attached hydrogens (tertiary/aromatic N) is 2. The van der Waals surface area contributed by atoms with Gasteiger partial charge in [0.1, 0.15) is 0 Å². The molecule has 8 saturated carbocycles. The average molecular weight is 803 g/mol. The molecule has 0 unspecified atom stereocenters. The van der Waals surface area contributed by atoms with Crippen LogP contribution in [-0.4, -0.2) is 91.1 Å². The van der Waals surface area contributed by atoms with Crippen molar-refractivity contribution in [3.63, 3.8) is 0 Å². The molecule has 0 atom stereocenters. The molecule has 8 aliphatic carbocycles. The fraction of sp³-hybridized carbons (Fsp3) is 0.696. The van der Waals surface area contributed by atoms with E-state index < -0.39 is 9.84 Å². The van der Waals surface area contributed by atoms with Crippen molar-refractivity contribution in [2.75, 3.05) is 38.7 Å². The van der Waals surface area contributed by atoms with Crippen LogP contribution in [0.5, 0.6) is 0 Å². The molecule has 2 aliphatic heterocycles. The minimum atomic E-state index is -3.24. The predicted molar refractivity (Wildman–Crippen MR) is 219 cm³/mol. The third kappa shape index (κ3) is 6.41. The summed E-state index contributed by atoms with van der Waals surface area (Å²) in [7, 11) is -3.24. The van der Waals surface area contributed by atoms with E-state index in [1.165, 1.54) is 68.1 Å². The standard InChI is InChI=1S/C23H31NO4S.C23H31NO2S/c1-14-15-7-18-9-16(14)10-19(8-15)23(18,11-22(26)24-12-20(25)13-24)17-3-5-21(6-4-17)29(2,27)28;1-14-15-7-18-9-16(14)10-19(8-15)23(18,11-22(26)24-12-20(25)13-24)17-3-5-21(27-2)6-4-17/h3-6,14-16,18-20,25H,7-13H2,1-2H3;3-6,14-16,18-20,25H,7-13H2,1-2H3. The van der Waals surface area contributed by atoms with Gasteiger partial charge < -0.3 is 20.0 Å². The van der Waals surface area contributed by atoms with Crippen molar-refractivity contribution in [2.24, 2.45) is 59.2 Å². The molecule has 2 aromatic rings. The number of β-amino-alcohol motifs (C(OH)–C–C–N with tert-alkyl or cyclic N) is 2. The van der Waals surface area contributed by atoms with Gasteiger partial charge in [-0.2, -0.15) is 0 Å². The molecule has 56 heavy (non-hydrogen) atoms. The molecule has 0 aromatic heterocycles. The lowest BCUT2D eigenvalue weighted by molar-refractivity contribution is -0.151. The van der Waals surface area contributed by atoms with Gasteiger partial charge >= 0.3 is 0 Å². The van der Waals surface area contributed by atoms with E-state index in [0.29, 0.717) is 67.6 Å². The molecule has 2 saturated heterocycles. The van der Waals surface area contributed by atoms with Crippen LogP contribution < -0.4 is 0 Å². The van der Waals surface area contributed by atoms with Crippen molar-refractivity contribution < 1.29 is 28.2 Å². The first kappa shape index (κ1) is 39.1. The second-order valence-electron chi connectivity index (χ2n) is 19.8. The van der Waals surface area contributed by atoms with E-state index in [-0.39, 0.29) is 34.9 Å². The molecule has 2 aromatic carbocycles. The Bertz CT molecular complexity index is 1860. The fourth-order valence-electron chi connectivity index (χ4n) is 14.2. The summed E-state index contributed by atoms with van der Waals surface area (Å²) in [6.07, 6.45) is 13.7. The van der Waals surface area contributed by atoms with Crippen molar-refractivity contribution in [1.82, 2.24) is 9.80 Å². The summed E-state index contributed by atoms with van der Waals surface area (Å²) in [6.45, 7) is 6.81. The third-order valence-electron chi connectivity index (χ3n) is 17.4. The number of amides is 2. The number of hydrogen-bond donors (Lipinski definition) is 2. The van der Waals surface area contributed by atoms with Crippen LogP contribution in [0.2, 0.25) is 0 Å². The molecule has 304 valence electrons. The monoisotopic (exact) mass is 802 g/mol. The van der Waals surface area contributed by atoms with Crippen LogP contribution in [-0.2, 0) is 30.3 Å². The van der Waals surface area contributed by atoms with Crippen molar-refractivity contribution in [2.45, 2.75) is 111 Å². The fourth-order valence-corrected chi connectivity index (χ4v) is 15.2. The van der Waals surface area contributed by atoms with E-state index >= 15 is 0 Å². The first-order valence-electron chi connectivity index (χ1n) is 21.6. The van der Waals surface area contributed by atoms with Crippen LogP contribution in [0.25, 0.3) is 0 Å². The van der Waals surface area contributed by atoms with Crippen molar-refractivity contribution >= 4 is 33.4 Å². The zero-order valence-corrected chi connectivity index (χ0v) is 35.3. The Labute approximate surface area is 338 Å². The molecule has 10 aliphatic rings. The maximum Gasteiger partial charge on any atom is 0.223 e. The molecule has 8 bridgehead atoms. The van der Waals surface area contributed by atoms with E-state index in [1.54, 1.807) is 28.8 Å². The lowest BCUT2D eigenvalue weighted by atomic mass is 9.41. The summed E-state index contributed by atoms with van der Waals surface area (Å²) in [4.78, 5) is 31.6. The van der Waals surface area contributed by atoms with Crippen LogP contribution in [0.15, 0.2) is 58.3 Å². The number of carbonyl (C=O) groups is 2. The molecule has 2 heterocycles. The topological polar surface area (TPSA) is 115 Å². The molecule has 2 amide bonds. The number of likely N-dealkylation sites (tertiary alicyclic amines) is 2. The second-order valence-corrected chi connectivity index (χ2v) is 22.7. The number of carbonyl (C=O) groups excluding carboxylic acids is 2. The lowest BCUT2D eigenvalue weighted by Crippen LogP contribution is -2.61. The zero-order valence-electron chi connectivity index (χ0n) is 33.7. The Kier molecular flexibility index (Phi) is 10.1. The summed E-state index contributed by atoms with van der Waals surface area (Å²) >= 11 is 1.78. The van der Waals surface area contributed by atoms with Gasteiger partial charge in [-0.05, 0) is 152 Å². The van der Waals surface area contributed by atoms with Gasteiger partial charge in [0.15, 0.2) is 9.84 Å². The Morgan fingerprint density at radius 3 is 1.23 bits per heavy atom. The quantitative estimate of drug-likeness (QED) is 0.291. The van der Waals surface area contributed by atoms with E-state index in [0.717, 1.165) is 41.1 Å². The van der Waals surface area contributed by atoms with E-state index in [4.69, 9.17) is 0 Å². The van der Waals surface area contributed by atoms with E-state index in [2.05, 4.69) is 44.4 Å². The average Bonchev–Trinajstić information content (AvgIpc) is 3.13. The predicted octanol–water partition coefficient (Wildman–Crippen LogP) is 6.56. The number of aliphatic hydroxyl groups excluding tert-OH is 2. The largest absolute Gasteiger partial charge is 0.389 e. The van der Waals surface area contributed by atoms with Crippen molar-refractivity contribution in [3.8, 4) is 0 Å². The highest BCUT2D eigenvalue weighted by atomic mass is 32.2. The van der Waals surface area contributed by atoms with Crippen molar-refractivity contribution in [3.05, 3.63) is 59.7 Å². The highest BCUT2D eigenvalue weighted by Gasteiger charge is 2.62. The first-order chi connectivity index (χ1) is 26.7. The van der Waals surface area contributed by atoms with Crippen LogP contribution >= 0.6 is 11.8 Å². The maximum absolute atomic E-state index is 13.2. The SMILES string of the molecule is CC1C2CC3CC1CC(C2)C3(CC(=O)N1CC(O)C1)c1ccc(S(C)(=O)=O)cc1.CSc1ccc(C2(CC(=O)N3CC(O)C3)C3CC4CC2CC(C3)C4C)cc1. The van der Waals surface area contributed by atoms with Gasteiger partial charge in [0.2, 0.25) is 11.8 Å². The van der Waals surface area contributed by atoms with Gasteiger partial charge in [0.05, 0.1) is 17.1 Å². The van der Waals surface area contributed by atoms with Crippen LogP contribution in [0, 0.1) is 59.2 Å². The Morgan fingerprint density at radius 2 is 0.946 bits per heavy atom. The number of sulfone groups is 1. The number of aliphatic hydroxyl groups is 2. The number of rotatable bonds is 8. The van der Waals surface area contributed by atoms with Gasteiger partial charge in [-0.25, -0.2) is 8.42 Å². The van der Waals surface area contributed by atoms with Crippen LogP contribution in [0.1, 0.15) is 89.2 Å². The van der Waals surface area contributed by atoms with Gasteiger partial charge in [0, 0.05) is 61.0 Å². The summed E-state index contributed by atoms with van der Waals surface area (Å²) in [6, 6.07) is 16.5. The Morgan fingerprint density at radius 1 is 0.625 bits per heavy atom. The molecule has 8 nitrogen and oxygen atoms in total. The Balaban J connectivity index is 0.000000147. The van der Waals surface area contributed by atoms with Crippen LogP contribution in [0.3, 0.4) is 0 Å². The van der Waals surface area contributed by atoms with Gasteiger partial charge in [0.25, 0.3) is 0 Å². The van der Waals surface area contributed by atoms with Gasteiger partial charge in [-0.3, -0.25) is 9.59 Å². The second kappa shape index (κ2) is 14.4. The Hall–Kier alpha value is -2.40. The summed E-state index contributed by atoms with van der Waals surface area (Å²) < 4.78 is 23.9. The summed E-state index contributed by atoms with van der Waals surface area (Å²) in [5.41, 5.74) is 2.36. The molecule has 0 radical (unpaired) electrons. The summed E-state index contributed by atoms with van der Waals surface area (Å²) in [5, 5.41) is 19.3.